The molecule has 2 aromatic rings. The lowest BCUT2D eigenvalue weighted by Gasteiger charge is -2.33. The summed E-state index contributed by atoms with van der Waals surface area (Å²) < 4.78 is 24.5. The quantitative estimate of drug-likeness (QED) is 0.785. The molecule has 28 heavy (non-hydrogen) atoms. The van der Waals surface area contributed by atoms with Crippen molar-refractivity contribution in [2.45, 2.75) is 38.5 Å². The highest BCUT2D eigenvalue weighted by Gasteiger charge is 2.26. The molecule has 2 aliphatic rings. The number of thiophene rings is 1. The van der Waals surface area contributed by atoms with Gasteiger partial charge in [-0.25, -0.2) is 13.4 Å². The van der Waals surface area contributed by atoms with Crippen LogP contribution in [0.5, 0.6) is 0 Å². The fourth-order valence-electron chi connectivity index (χ4n) is 3.98. The van der Waals surface area contributed by atoms with E-state index < -0.39 is 10.0 Å². The van der Waals surface area contributed by atoms with E-state index in [0.29, 0.717) is 38.4 Å². The SMILES string of the molecule is CS(=O)(=O)N1CCN(C(=O)CCc2nc3sc4c(c3c(=O)[nH]2)CCCC4)CC1. The molecular formula is C18H24N4O4S2. The van der Waals surface area contributed by atoms with Gasteiger partial charge >= 0.3 is 0 Å². The first-order valence-corrected chi connectivity index (χ1v) is 12.3. The van der Waals surface area contributed by atoms with Gasteiger partial charge in [-0.1, -0.05) is 0 Å². The lowest BCUT2D eigenvalue weighted by molar-refractivity contribution is -0.132. The van der Waals surface area contributed by atoms with Gasteiger partial charge in [-0.3, -0.25) is 9.59 Å². The van der Waals surface area contributed by atoms with Gasteiger partial charge in [0.05, 0.1) is 11.6 Å². The number of hydrogen-bond acceptors (Lipinski definition) is 6. The van der Waals surface area contributed by atoms with E-state index in [1.165, 1.54) is 15.4 Å². The normalized spacial score (nSPS) is 18.4. The first-order chi connectivity index (χ1) is 13.3. The molecule has 0 radical (unpaired) electrons. The Bertz CT molecular complexity index is 1070. The van der Waals surface area contributed by atoms with Gasteiger partial charge in [0.25, 0.3) is 5.56 Å². The van der Waals surface area contributed by atoms with Crippen LogP contribution in [0.25, 0.3) is 10.2 Å². The Kier molecular flexibility index (Phi) is 5.28. The number of rotatable bonds is 4. The Labute approximate surface area is 167 Å². The summed E-state index contributed by atoms with van der Waals surface area (Å²) in [6, 6.07) is 0. The lowest BCUT2D eigenvalue weighted by atomic mass is 9.97. The number of aryl methyl sites for hydroxylation is 3. The minimum Gasteiger partial charge on any atom is -0.340 e. The van der Waals surface area contributed by atoms with E-state index in [2.05, 4.69) is 9.97 Å². The smallest absolute Gasteiger partial charge is 0.259 e. The summed E-state index contributed by atoms with van der Waals surface area (Å²) in [5, 5.41) is 0.728. The number of nitrogens with one attached hydrogen (secondary N) is 1. The second-order valence-electron chi connectivity index (χ2n) is 7.45. The van der Waals surface area contributed by atoms with Crippen molar-refractivity contribution in [3.63, 3.8) is 0 Å². The van der Waals surface area contributed by atoms with Crippen molar-refractivity contribution in [3.8, 4) is 0 Å². The topological polar surface area (TPSA) is 103 Å². The number of carbonyl (C=O) groups excluding carboxylic acids is 1. The van der Waals surface area contributed by atoms with E-state index in [9.17, 15) is 18.0 Å². The van der Waals surface area contributed by atoms with E-state index in [-0.39, 0.29) is 17.9 Å². The van der Waals surface area contributed by atoms with Crippen molar-refractivity contribution < 1.29 is 13.2 Å². The van der Waals surface area contributed by atoms with Crippen LogP contribution in [0.4, 0.5) is 0 Å². The number of piperazine rings is 1. The van der Waals surface area contributed by atoms with Crippen LogP contribution in [0.1, 0.15) is 35.5 Å². The van der Waals surface area contributed by atoms with E-state index in [4.69, 9.17) is 0 Å². The van der Waals surface area contributed by atoms with Crippen molar-refractivity contribution in [1.82, 2.24) is 19.2 Å². The third-order valence-corrected chi connectivity index (χ3v) is 8.00. The Hall–Kier alpha value is -1.78. The van der Waals surface area contributed by atoms with Crippen molar-refractivity contribution in [2.75, 3.05) is 32.4 Å². The number of carbonyl (C=O) groups is 1. The molecule has 0 unspecified atom stereocenters. The number of hydrogen-bond donors (Lipinski definition) is 1. The Balaban J connectivity index is 1.42. The van der Waals surface area contributed by atoms with E-state index in [1.807, 2.05) is 0 Å². The van der Waals surface area contributed by atoms with Crippen molar-refractivity contribution in [2.24, 2.45) is 0 Å². The maximum Gasteiger partial charge on any atom is 0.259 e. The Morgan fingerprint density at radius 3 is 2.61 bits per heavy atom. The highest BCUT2D eigenvalue weighted by atomic mass is 32.2. The van der Waals surface area contributed by atoms with Gasteiger partial charge in [0.2, 0.25) is 15.9 Å². The van der Waals surface area contributed by atoms with E-state index >= 15 is 0 Å². The van der Waals surface area contributed by atoms with Crippen LogP contribution in [0.15, 0.2) is 4.79 Å². The molecule has 0 bridgehead atoms. The molecule has 0 aromatic carbocycles. The molecule has 1 N–H and O–H groups in total. The van der Waals surface area contributed by atoms with Crippen LogP contribution in [-0.2, 0) is 34.1 Å². The van der Waals surface area contributed by atoms with Crippen molar-refractivity contribution in [1.29, 1.82) is 0 Å². The van der Waals surface area contributed by atoms with Crippen molar-refractivity contribution >= 4 is 37.5 Å². The number of aromatic amines is 1. The average Bonchev–Trinajstić information content (AvgIpc) is 3.04. The average molecular weight is 425 g/mol. The molecule has 4 rings (SSSR count). The van der Waals surface area contributed by atoms with Gasteiger partial charge in [0.15, 0.2) is 0 Å². The summed E-state index contributed by atoms with van der Waals surface area (Å²) in [4.78, 5) is 36.2. The van der Waals surface area contributed by atoms with Crippen LogP contribution < -0.4 is 5.56 Å². The molecule has 1 fully saturated rings. The predicted molar refractivity (Wildman–Crippen MR) is 108 cm³/mol. The summed E-state index contributed by atoms with van der Waals surface area (Å²) in [7, 11) is -3.21. The number of amides is 1. The van der Waals surface area contributed by atoms with E-state index in [1.54, 1.807) is 16.2 Å². The number of fused-ring (bicyclic) bond motifs is 3. The van der Waals surface area contributed by atoms with E-state index in [0.717, 1.165) is 41.5 Å². The molecule has 0 atom stereocenters. The van der Waals surface area contributed by atoms with Gasteiger partial charge in [-0.2, -0.15) is 4.31 Å². The number of aromatic nitrogens is 2. The molecule has 10 heteroatoms. The van der Waals surface area contributed by atoms with Gasteiger partial charge in [0, 0.05) is 43.9 Å². The number of nitrogens with zero attached hydrogens (tertiary/aromatic N) is 3. The maximum atomic E-state index is 12.6. The van der Waals surface area contributed by atoms with Crippen molar-refractivity contribution in [3.05, 3.63) is 26.6 Å². The first kappa shape index (κ1) is 19.5. The monoisotopic (exact) mass is 424 g/mol. The molecule has 1 amide bonds. The van der Waals surface area contributed by atoms with Crippen LogP contribution in [0.2, 0.25) is 0 Å². The first-order valence-electron chi connectivity index (χ1n) is 9.59. The van der Waals surface area contributed by atoms with Crippen LogP contribution >= 0.6 is 11.3 Å². The Morgan fingerprint density at radius 2 is 1.89 bits per heavy atom. The molecule has 152 valence electrons. The molecule has 0 saturated carbocycles. The summed E-state index contributed by atoms with van der Waals surface area (Å²) in [5.41, 5.74) is 1.06. The molecule has 8 nitrogen and oxygen atoms in total. The zero-order valence-corrected chi connectivity index (χ0v) is 17.5. The van der Waals surface area contributed by atoms with Crippen LogP contribution in [0.3, 0.4) is 0 Å². The maximum absolute atomic E-state index is 12.6. The van der Waals surface area contributed by atoms with Gasteiger partial charge < -0.3 is 9.88 Å². The molecule has 0 spiro atoms. The highest BCUT2D eigenvalue weighted by Crippen LogP contribution is 2.33. The number of sulfonamides is 1. The number of H-pyrrole nitrogens is 1. The summed E-state index contributed by atoms with van der Waals surface area (Å²) in [6.07, 6.45) is 6.04. The zero-order chi connectivity index (χ0) is 19.9. The van der Waals surface area contributed by atoms with Gasteiger partial charge in [0.1, 0.15) is 10.7 Å². The largest absolute Gasteiger partial charge is 0.340 e. The Morgan fingerprint density at radius 1 is 1.18 bits per heavy atom. The molecule has 1 aliphatic carbocycles. The molecule has 1 aliphatic heterocycles. The second kappa shape index (κ2) is 7.57. The van der Waals surface area contributed by atoms with Gasteiger partial charge in [-0.05, 0) is 31.2 Å². The summed E-state index contributed by atoms with van der Waals surface area (Å²) >= 11 is 1.60. The molecular weight excluding hydrogens is 400 g/mol. The third kappa shape index (κ3) is 3.85. The fourth-order valence-corrected chi connectivity index (χ4v) is 6.09. The van der Waals surface area contributed by atoms with Crippen LogP contribution in [0, 0.1) is 0 Å². The standard InChI is InChI=1S/C18H24N4O4S2/c1-28(25,26)22-10-8-21(9-11-22)15(23)7-6-14-19-17(24)16-12-4-2-3-5-13(12)27-18(16)20-14/h2-11H2,1H3,(H,19,20,24). The van der Waals surface area contributed by atoms with Gasteiger partial charge in [-0.15, -0.1) is 11.3 Å². The fraction of sp³-hybridized carbons (Fsp3) is 0.611. The third-order valence-electron chi connectivity index (χ3n) is 5.51. The molecule has 3 heterocycles. The zero-order valence-electron chi connectivity index (χ0n) is 15.9. The summed E-state index contributed by atoms with van der Waals surface area (Å²) in [5.74, 6) is 0.501. The lowest BCUT2D eigenvalue weighted by Crippen LogP contribution is -2.50. The minimum atomic E-state index is -3.21. The highest BCUT2D eigenvalue weighted by molar-refractivity contribution is 7.88. The minimum absolute atomic E-state index is 0.0404. The molecule has 2 aromatic heterocycles. The molecule has 1 saturated heterocycles. The van der Waals surface area contributed by atoms with Crippen LogP contribution in [-0.4, -0.2) is 65.9 Å². The summed E-state index contributed by atoms with van der Waals surface area (Å²) in [6.45, 7) is 1.44. The second-order valence-corrected chi connectivity index (χ2v) is 10.5. The predicted octanol–water partition coefficient (Wildman–Crippen LogP) is 0.900.